The van der Waals surface area contributed by atoms with Crippen molar-refractivity contribution in [3.63, 3.8) is 0 Å². The van der Waals surface area contributed by atoms with Gasteiger partial charge in [0, 0.05) is 20.1 Å². The van der Waals surface area contributed by atoms with Crippen LogP contribution in [-0.2, 0) is 11.8 Å². The van der Waals surface area contributed by atoms with Gasteiger partial charge in [-0.3, -0.25) is 4.79 Å². The number of nitrogens with zero attached hydrogens (tertiary/aromatic N) is 7. The molecule has 0 atom stereocenters. The van der Waals surface area contributed by atoms with Gasteiger partial charge in [0.1, 0.15) is 0 Å². The zero-order valence-corrected chi connectivity index (χ0v) is 14.3. The van der Waals surface area contributed by atoms with Gasteiger partial charge in [0.15, 0.2) is 0 Å². The summed E-state index contributed by atoms with van der Waals surface area (Å²) in [7, 11) is 1.74. The number of thiophene rings is 1. The van der Waals surface area contributed by atoms with Crippen LogP contribution >= 0.6 is 23.1 Å². The van der Waals surface area contributed by atoms with Gasteiger partial charge in [-0.2, -0.15) is 4.98 Å². The molecule has 0 radical (unpaired) electrons. The standard InChI is InChI=1S/C13H13N7O2S2/c1-19-13(15-17-18-19)24-7-10(21)20-5-8(6-20)12-14-11(16-22-12)9-3-2-4-23-9/h2-4,8H,5-7H2,1H3. The summed E-state index contributed by atoms with van der Waals surface area (Å²) in [6, 6.07) is 3.90. The number of hydrogen-bond donors (Lipinski definition) is 0. The van der Waals surface area contributed by atoms with Crippen molar-refractivity contribution in [2.45, 2.75) is 11.1 Å². The van der Waals surface area contributed by atoms with Gasteiger partial charge in [-0.25, -0.2) is 4.68 Å². The second-order valence-electron chi connectivity index (χ2n) is 5.30. The minimum absolute atomic E-state index is 0.0530. The van der Waals surface area contributed by atoms with E-state index >= 15 is 0 Å². The van der Waals surface area contributed by atoms with E-state index in [0.717, 1.165) is 4.88 Å². The van der Waals surface area contributed by atoms with E-state index in [-0.39, 0.29) is 11.8 Å². The average Bonchev–Trinajstić information content (AvgIpc) is 3.25. The molecule has 24 heavy (non-hydrogen) atoms. The summed E-state index contributed by atoms with van der Waals surface area (Å²) in [5.74, 6) is 1.67. The Morgan fingerprint density at radius 1 is 1.50 bits per heavy atom. The molecule has 1 amide bonds. The van der Waals surface area contributed by atoms with Crippen LogP contribution in [0.25, 0.3) is 10.7 Å². The van der Waals surface area contributed by atoms with Crippen LogP contribution in [0.15, 0.2) is 27.2 Å². The molecule has 0 unspecified atom stereocenters. The summed E-state index contributed by atoms with van der Waals surface area (Å²) in [5.41, 5.74) is 0. The molecule has 3 aromatic rings. The number of tetrazole rings is 1. The Labute approximate surface area is 145 Å². The van der Waals surface area contributed by atoms with Crippen molar-refractivity contribution in [3.8, 4) is 10.7 Å². The minimum Gasteiger partial charge on any atom is -0.340 e. The van der Waals surface area contributed by atoms with E-state index in [1.54, 1.807) is 28.0 Å². The number of aryl methyl sites for hydroxylation is 1. The molecule has 0 aromatic carbocycles. The third kappa shape index (κ3) is 2.91. The first-order chi connectivity index (χ1) is 11.7. The van der Waals surface area contributed by atoms with Gasteiger partial charge in [-0.1, -0.05) is 23.0 Å². The van der Waals surface area contributed by atoms with Crippen LogP contribution in [0.3, 0.4) is 0 Å². The van der Waals surface area contributed by atoms with E-state index in [1.165, 1.54) is 11.8 Å². The van der Waals surface area contributed by atoms with Crippen LogP contribution in [0.1, 0.15) is 11.8 Å². The van der Waals surface area contributed by atoms with Crippen molar-refractivity contribution in [2.24, 2.45) is 7.05 Å². The van der Waals surface area contributed by atoms with Crippen molar-refractivity contribution in [2.75, 3.05) is 18.8 Å². The van der Waals surface area contributed by atoms with Crippen molar-refractivity contribution in [1.82, 2.24) is 35.2 Å². The van der Waals surface area contributed by atoms with E-state index in [2.05, 4.69) is 25.7 Å². The van der Waals surface area contributed by atoms with Gasteiger partial charge in [0.05, 0.1) is 16.5 Å². The number of thioether (sulfide) groups is 1. The van der Waals surface area contributed by atoms with Crippen LogP contribution in [0, 0.1) is 0 Å². The van der Waals surface area contributed by atoms with Gasteiger partial charge in [-0.05, 0) is 21.9 Å². The highest BCUT2D eigenvalue weighted by atomic mass is 32.2. The first-order valence-electron chi connectivity index (χ1n) is 7.21. The lowest BCUT2D eigenvalue weighted by Gasteiger charge is -2.36. The van der Waals surface area contributed by atoms with Crippen molar-refractivity contribution in [1.29, 1.82) is 0 Å². The maximum Gasteiger partial charge on any atom is 0.233 e. The van der Waals surface area contributed by atoms with Crippen molar-refractivity contribution >= 4 is 29.0 Å². The van der Waals surface area contributed by atoms with E-state index in [1.807, 2.05) is 17.5 Å². The Hall–Kier alpha value is -2.27. The molecule has 124 valence electrons. The summed E-state index contributed by atoms with van der Waals surface area (Å²) in [4.78, 5) is 19.3. The molecule has 9 nitrogen and oxygen atoms in total. The second-order valence-corrected chi connectivity index (χ2v) is 7.19. The molecule has 0 spiro atoms. The van der Waals surface area contributed by atoms with Crippen molar-refractivity contribution < 1.29 is 9.32 Å². The molecule has 1 saturated heterocycles. The Balaban J connectivity index is 1.30. The summed E-state index contributed by atoms with van der Waals surface area (Å²) < 4.78 is 6.87. The Kier molecular flexibility index (Phi) is 4.02. The summed E-state index contributed by atoms with van der Waals surface area (Å²) in [5, 5.41) is 17.7. The monoisotopic (exact) mass is 363 g/mol. The largest absolute Gasteiger partial charge is 0.340 e. The lowest BCUT2D eigenvalue weighted by Crippen LogP contribution is -2.49. The lowest BCUT2D eigenvalue weighted by molar-refractivity contribution is -0.133. The molecule has 0 aliphatic carbocycles. The lowest BCUT2D eigenvalue weighted by atomic mass is 10.0. The highest BCUT2D eigenvalue weighted by molar-refractivity contribution is 7.99. The quantitative estimate of drug-likeness (QED) is 0.620. The first kappa shape index (κ1) is 15.3. The van der Waals surface area contributed by atoms with E-state index < -0.39 is 0 Å². The molecule has 0 saturated carbocycles. The van der Waals surface area contributed by atoms with E-state index in [4.69, 9.17) is 4.52 Å². The number of hydrogen-bond acceptors (Lipinski definition) is 9. The molecule has 1 aliphatic heterocycles. The van der Waals surface area contributed by atoms with Gasteiger partial charge >= 0.3 is 0 Å². The third-order valence-electron chi connectivity index (χ3n) is 3.67. The van der Waals surface area contributed by atoms with E-state index in [0.29, 0.717) is 35.7 Å². The predicted molar refractivity (Wildman–Crippen MR) is 86.5 cm³/mol. The topological polar surface area (TPSA) is 103 Å². The smallest absolute Gasteiger partial charge is 0.233 e. The second kappa shape index (κ2) is 6.32. The summed E-state index contributed by atoms with van der Waals surface area (Å²) in [6.45, 7) is 1.20. The van der Waals surface area contributed by atoms with Crippen molar-refractivity contribution in [3.05, 3.63) is 23.4 Å². The zero-order valence-electron chi connectivity index (χ0n) is 12.7. The fourth-order valence-corrected chi connectivity index (χ4v) is 3.71. The number of aromatic nitrogens is 6. The zero-order chi connectivity index (χ0) is 16.5. The normalized spacial score (nSPS) is 14.8. The number of carbonyl (C=O) groups excluding carboxylic acids is 1. The maximum absolute atomic E-state index is 12.2. The molecular formula is C13H13N7O2S2. The molecule has 3 aromatic heterocycles. The van der Waals surface area contributed by atoms with Crippen LogP contribution < -0.4 is 0 Å². The highest BCUT2D eigenvalue weighted by Crippen LogP contribution is 2.29. The molecule has 4 rings (SSSR count). The Morgan fingerprint density at radius 3 is 3.08 bits per heavy atom. The predicted octanol–water partition coefficient (Wildman–Crippen LogP) is 1.04. The summed E-state index contributed by atoms with van der Waals surface area (Å²) in [6.07, 6.45) is 0. The van der Waals surface area contributed by atoms with Crippen LogP contribution in [0.4, 0.5) is 0 Å². The number of carbonyl (C=O) groups is 1. The highest BCUT2D eigenvalue weighted by Gasteiger charge is 2.35. The average molecular weight is 363 g/mol. The van der Waals surface area contributed by atoms with Gasteiger partial charge in [0.2, 0.25) is 22.8 Å². The minimum atomic E-state index is 0.0530. The molecule has 0 bridgehead atoms. The first-order valence-corrected chi connectivity index (χ1v) is 9.07. The Bertz CT molecular complexity index is 838. The van der Waals surface area contributed by atoms with E-state index in [9.17, 15) is 4.79 Å². The van der Waals surface area contributed by atoms with Crippen LogP contribution in [0.5, 0.6) is 0 Å². The molecular weight excluding hydrogens is 350 g/mol. The molecule has 0 N–H and O–H groups in total. The van der Waals surface area contributed by atoms with Crippen LogP contribution in [0.2, 0.25) is 0 Å². The number of likely N-dealkylation sites (tertiary alicyclic amines) is 1. The molecule has 1 aliphatic rings. The Morgan fingerprint density at radius 2 is 2.38 bits per heavy atom. The van der Waals surface area contributed by atoms with Gasteiger partial charge < -0.3 is 9.42 Å². The fraction of sp³-hybridized carbons (Fsp3) is 0.385. The summed E-state index contributed by atoms with van der Waals surface area (Å²) >= 11 is 2.89. The van der Waals surface area contributed by atoms with Crippen LogP contribution in [-0.4, -0.2) is 60.0 Å². The van der Waals surface area contributed by atoms with Gasteiger partial charge in [-0.15, -0.1) is 16.4 Å². The molecule has 11 heteroatoms. The maximum atomic E-state index is 12.2. The van der Waals surface area contributed by atoms with Gasteiger partial charge in [0.25, 0.3) is 0 Å². The SMILES string of the molecule is Cn1nnnc1SCC(=O)N1CC(c2nc(-c3cccs3)no2)C1. The number of amides is 1. The third-order valence-corrected chi connectivity index (χ3v) is 5.53. The molecule has 1 fully saturated rings. The fourth-order valence-electron chi connectivity index (χ4n) is 2.31. The number of rotatable bonds is 5. The molecule has 4 heterocycles.